The van der Waals surface area contributed by atoms with E-state index in [1.807, 2.05) is 60.7 Å². The van der Waals surface area contributed by atoms with E-state index in [1.165, 1.54) is 0 Å². The summed E-state index contributed by atoms with van der Waals surface area (Å²) in [6, 6.07) is 20.3. The van der Waals surface area contributed by atoms with Gasteiger partial charge in [0.15, 0.2) is 0 Å². The Morgan fingerprint density at radius 3 is 2.39 bits per heavy atom. The standard InChI is InChI=1S/C25H25N3O3/c1-16(2)17-11-13-19(14-12-17)25(3)23(30)28(24(31)27-25)15-22(29)26-21-10-6-8-18-7-4-5-9-20(18)21/h4-14,16H,15H2,1-3H3,(H,26,29)(H,27,31)/t25-/m0/s1. The number of imide groups is 1. The van der Waals surface area contributed by atoms with Crippen LogP contribution in [-0.4, -0.2) is 29.3 Å². The number of hydrogen-bond donors (Lipinski definition) is 2. The molecule has 4 rings (SSSR count). The fourth-order valence-corrected chi connectivity index (χ4v) is 3.91. The van der Waals surface area contributed by atoms with Crippen LogP contribution in [0.2, 0.25) is 0 Å². The van der Waals surface area contributed by atoms with E-state index in [9.17, 15) is 14.4 Å². The van der Waals surface area contributed by atoms with E-state index >= 15 is 0 Å². The van der Waals surface area contributed by atoms with Crippen LogP contribution in [0.15, 0.2) is 66.7 Å². The number of fused-ring (bicyclic) bond motifs is 1. The van der Waals surface area contributed by atoms with E-state index in [4.69, 9.17) is 0 Å². The lowest BCUT2D eigenvalue weighted by Crippen LogP contribution is -2.42. The van der Waals surface area contributed by atoms with Crippen molar-refractivity contribution in [1.82, 2.24) is 10.2 Å². The molecule has 0 bridgehead atoms. The first kappa shape index (κ1) is 20.6. The summed E-state index contributed by atoms with van der Waals surface area (Å²) >= 11 is 0. The summed E-state index contributed by atoms with van der Waals surface area (Å²) in [7, 11) is 0. The summed E-state index contributed by atoms with van der Waals surface area (Å²) in [5.74, 6) is -0.507. The molecule has 31 heavy (non-hydrogen) atoms. The van der Waals surface area contributed by atoms with Gasteiger partial charge in [-0.3, -0.25) is 14.5 Å². The molecular weight excluding hydrogens is 390 g/mol. The maximum atomic E-state index is 13.1. The third-order valence-electron chi connectivity index (χ3n) is 5.80. The third-order valence-corrected chi connectivity index (χ3v) is 5.80. The van der Waals surface area contributed by atoms with Crippen LogP contribution in [0.3, 0.4) is 0 Å². The predicted octanol–water partition coefficient (Wildman–Crippen LogP) is 4.37. The van der Waals surface area contributed by atoms with Gasteiger partial charge in [0, 0.05) is 11.1 Å². The average molecular weight is 415 g/mol. The van der Waals surface area contributed by atoms with Gasteiger partial charge in [-0.05, 0) is 35.4 Å². The van der Waals surface area contributed by atoms with E-state index < -0.39 is 23.4 Å². The molecule has 6 nitrogen and oxygen atoms in total. The molecule has 0 radical (unpaired) electrons. The van der Waals surface area contributed by atoms with Crippen LogP contribution < -0.4 is 10.6 Å². The van der Waals surface area contributed by atoms with Gasteiger partial charge in [0.2, 0.25) is 5.91 Å². The average Bonchev–Trinajstić information content (AvgIpc) is 2.98. The summed E-state index contributed by atoms with van der Waals surface area (Å²) in [6.07, 6.45) is 0. The van der Waals surface area contributed by atoms with Crippen LogP contribution in [0, 0.1) is 0 Å². The van der Waals surface area contributed by atoms with Gasteiger partial charge in [-0.1, -0.05) is 74.5 Å². The molecule has 1 heterocycles. The minimum absolute atomic E-state index is 0.354. The maximum Gasteiger partial charge on any atom is 0.325 e. The van der Waals surface area contributed by atoms with E-state index in [1.54, 1.807) is 13.0 Å². The first-order chi connectivity index (χ1) is 14.8. The topological polar surface area (TPSA) is 78.5 Å². The number of benzene rings is 3. The monoisotopic (exact) mass is 415 g/mol. The number of carbonyl (C=O) groups excluding carboxylic acids is 3. The molecule has 3 aromatic rings. The lowest BCUT2D eigenvalue weighted by molar-refractivity contribution is -0.133. The van der Waals surface area contributed by atoms with Gasteiger partial charge in [-0.15, -0.1) is 0 Å². The Morgan fingerprint density at radius 2 is 1.68 bits per heavy atom. The van der Waals surface area contributed by atoms with Gasteiger partial charge in [0.25, 0.3) is 5.91 Å². The second-order valence-electron chi connectivity index (χ2n) is 8.30. The Kier molecular flexibility index (Phi) is 5.23. The number of carbonyl (C=O) groups is 3. The molecular formula is C25H25N3O3. The molecule has 0 unspecified atom stereocenters. The van der Waals surface area contributed by atoms with E-state index in [0.29, 0.717) is 17.2 Å². The minimum atomic E-state index is -1.20. The van der Waals surface area contributed by atoms with E-state index in [-0.39, 0.29) is 6.54 Å². The molecule has 1 atom stereocenters. The number of nitrogens with one attached hydrogen (secondary N) is 2. The van der Waals surface area contributed by atoms with Gasteiger partial charge in [0.05, 0.1) is 0 Å². The van der Waals surface area contributed by atoms with Crippen molar-refractivity contribution in [2.24, 2.45) is 0 Å². The molecule has 1 fully saturated rings. The van der Waals surface area contributed by atoms with Crippen molar-refractivity contribution in [3.05, 3.63) is 77.9 Å². The van der Waals surface area contributed by atoms with Crippen molar-refractivity contribution in [2.75, 3.05) is 11.9 Å². The van der Waals surface area contributed by atoms with Crippen molar-refractivity contribution < 1.29 is 14.4 Å². The SMILES string of the molecule is CC(C)c1ccc([C@]2(C)NC(=O)N(CC(=O)Nc3cccc4ccccc34)C2=O)cc1. The van der Waals surface area contributed by atoms with E-state index in [0.717, 1.165) is 21.2 Å². The van der Waals surface area contributed by atoms with Gasteiger partial charge in [-0.2, -0.15) is 0 Å². The Morgan fingerprint density at radius 1 is 1.00 bits per heavy atom. The summed E-state index contributed by atoms with van der Waals surface area (Å²) in [5, 5.41) is 7.47. The first-order valence-corrected chi connectivity index (χ1v) is 10.3. The van der Waals surface area contributed by atoms with Crippen molar-refractivity contribution in [1.29, 1.82) is 0 Å². The molecule has 0 saturated carbocycles. The summed E-state index contributed by atoms with van der Waals surface area (Å²) in [4.78, 5) is 39.3. The molecule has 6 heteroatoms. The highest BCUT2D eigenvalue weighted by Crippen LogP contribution is 2.30. The summed E-state index contributed by atoms with van der Waals surface area (Å²) in [5.41, 5.74) is 1.27. The smallest absolute Gasteiger partial charge is 0.324 e. The van der Waals surface area contributed by atoms with Gasteiger partial charge in [0.1, 0.15) is 12.1 Å². The van der Waals surface area contributed by atoms with Crippen LogP contribution in [0.1, 0.15) is 37.8 Å². The van der Waals surface area contributed by atoms with Crippen molar-refractivity contribution >= 4 is 34.3 Å². The number of hydrogen-bond acceptors (Lipinski definition) is 3. The molecule has 1 aliphatic heterocycles. The molecule has 0 aliphatic carbocycles. The molecule has 0 spiro atoms. The number of nitrogens with zero attached hydrogens (tertiary/aromatic N) is 1. The number of rotatable bonds is 5. The number of urea groups is 1. The van der Waals surface area contributed by atoms with Crippen LogP contribution in [0.25, 0.3) is 10.8 Å². The molecule has 3 aromatic carbocycles. The van der Waals surface area contributed by atoms with Crippen molar-refractivity contribution in [3.8, 4) is 0 Å². The van der Waals surface area contributed by atoms with Crippen LogP contribution in [0.4, 0.5) is 10.5 Å². The normalized spacial score (nSPS) is 18.5. The zero-order chi connectivity index (χ0) is 22.2. The maximum absolute atomic E-state index is 13.1. The fraction of sp³-hybridized carbons (Fsp3) is 0.240. The molecule has 1 aliphatic rings. The molecule has 4 amide bonds. The molecule has 158 valence electrons. The van der Waals surface area contributed by atoms with Crippen molar-refractivity contribution in [2.45, 2.75) is 32.2 Å². The lowest BCUT2D eigenvalue weighted by atomic mass is 9.90. The summed E-state index contributed by atoms with van der Waals surface area (Å²) < 4.78 is 0. The van der Waals surface area contributed by atoms with Gasteiger partial charge < -0.3 is 10.6 Å². The largest absolute Gasteiger partial charge is 0.325 e. The fourth-order valence-electron chi connectivity index (χ4n) is 3.91. The van der Waals surface area contributed by atoms with E-state index in [2.05, 4.69) is 24.5 Å². The number of anilines is 1. The summed E-state index contributed by atoms with van der Waals surface area (Å²) in [6.45, 7) is 5.50. The Labute approximate surface area is 181 Å². The first-order valence-electron chi connectivity index (χ1n) is 10.3. The molecule has 2 N–H and O–H groups in total. The Bertz CT molecular complexity index is 1160. The molecule has 1 saturated heterocycles. The zero-order valence-corrected chi connectivity index (χ0v) is 17.8. The number of amides is 4. The van der Waals surface area contributed by atoms with Crippen LogP contribution in [-0.2, 0) is 15.1 Å². The quantitative estimate of drug-likeness (QED) is 0.608. The van der Waals surface area contributed by atoms with Crippen LogP contribution in [0.5, 0.6) is 0 Å². The Hall–Kier alpha value is -3.67. The lowest BCUT2D eigenvalue weighted by Gasteiger charge is -2.22. The van der Waals surface area contributed by atoms with Crippen molar-refractivity contribution in [3.63, 3.8) is 0 Å². The second-order valence-corrected chi connectivity index (χ2v) is 8.30. The zero-order valence-electron chi connectivity index (χ0n) is 17.8. The van der Waals surface area contributed by atoms with Crippen LogP contribution >= 0.6 is 0 Å². The van der Waals surface area contributed by atoms with Gasteiger partial charge >= 0.3 is 6.03 Å². The highest BCUT2D eigenvalue weighted by Gasteiger charge is 2.49. The Balaban J connectivity index is 1.51. The third kappa shape index (κ3) is 3.77. The second kappa shape index (κ2) is 7.87. The van der Waals surface area contributed by atoms with Gasteiger partial charge in [-0.25, -0.2) is 4.79 Å². The minimum Gasteiger partial charge on any atom is -0.324 e. The highest BCUT2D eigenvalue weighted by molar-refractivity contribution is 6.11. The highest BCUT2D eigenvalue weighted by atomic mass is 16.2. The predicted molar refractivity (Wildman–Crippen MR) is 121 cm³/mol. The molecule has 0 aromatic heterocycles.